The molecule has 0 unspecified atom stereocenters. The highest BCUT2D eigenvalue weighted by Crippen LogP contribution is 2.21. The number of ketones is 1. The van der Waals surface area contributed by atoms with Crippen LogP contribution in [0.2, 0.25) is 5.02 Å². The van der Waals surface area contributed by atoms with Crippen LogP contribution in [0.1, 0.15) is 26.3 Å². The van der Waals surface area contributed by atoms with Crippen LogP contribution in [0, 0.1) is 0 Å². The Bertz CT molecular complexity index is 650. The summed E-state index contributed by atoms with van der Waals surface area (Å²) in [5.74, 6) is -1.49. The average molecular weight is 340 g/mol. The number of aromatic carboxylic acids is 1. The predicted octanol–water partition coefficient (Wildman–Crippen LogP) is 4.03. The number of benzene rings is 2. The van der Waals surface area contributed by atoms with Crippen LogP contribution in [-0.2, 0) is 0 Å². The Balaban J connectivity index is 2.51. The molecule has 96 valence electrons. The van der Waals surface area contributed by atoms with Crippen LogP contribution in [0.15, 0.2) is 46.9 Å². The molecule has 0 aliphatic rings. The lowest BCUT2D eigenvalue weighted by atomic mass is 9.98. The Morgan fingerprint density at radius 2 is 1.63 bits per heavy atom. The zero-order chi connectivity index (χ0) is 14.0. The number of carbonyl (C=O) groups is 2. The number of carboxylic acids is 1. The van der Waals surface area contributed by atoms with Gasteiger partial charge in [0.2, 0.25) is 0 Å². The molecule has 0 aliphatic carbocycles. The van der Waals surface area contributed by atoms with Gasteiger partial charge in [0.25, 0.3) is 0 Å². The maximum atomic E-state index is 12.3. The SMILES string of the molecule is O=C(O)c1ccc(Br)cc1C(=O)c1ccc(Cl)cc1. The molecule has 3 nitrogen and oxygen atoms in total. The first-order valence-corrected chi connectivity index (χ1v) is 6.49. The summed E-state index contributed by atoms with van der Waals surface area (Å²) in [5.41, 5.74) is 0.511. The third-order valence-corrected chi connectivity index (χ3v) is 3.31. The van der Waals surface area contributed by atoms with Crippen molar-refractivity contribution in [2.75, 3.05) is 0 Å². The number of hydrogen-bond acceptors (Lipinski definition) is 2. The van der Waals surface area contributed by atoms with Crippen molar-refractivity contribution < 1.29 is 14.7 Å². The van der Waals surface area contributed by atoms with Gasteiger partial charge in [0.05, 0.1) is 5.56 Å². The third-order valence-electron chi connectivity index (χ3n) is 2.56. The first-order chi connectivity index (χ1) is 8.99. The van der Waals surface area contributed by atoms with Crippen LogP contribution in [0.4, 0.5) is 0 Å². The topological polar surface area (TPSA) is 54.4 Å². The third kappa shape index (κ3) is 3.03. The second-order valence-electron chi connectivity index (χ2n) is 3.83. The van der Waals surface area contributed by atoms with Gasteiger partial charge in [-0.3, -0.25) is 4.79 Å². The monoisotopic (exact) mass is 338 g/mol. The quantitative estimate of drug-likeness (QED) is 0.859. The number of carboxylic acid groups (broad SMARTS) is 1. The summed E-state index contributed by atoms with van der Waals surface area (Å²) >= 11 is 8.99. The van der Waals surface area contributed by atoms with Crippen molar-refractivity contribution in [3.8, 4) is 0 Å². The van der Waals surface area contributed by atoms with Crippen molar-refractivity contribution >= 4 is 39.3 Å². The molecule has 0 radical (unpaired) electrons. The molecule has 2 rings (SSSR count). The van der Waals surface area contributed by atoms with E-state index >= 15 is 0 Å². The molecule has 0 saturated carbocycles. The standard InChI is InChI=1S/C14H8BrClO3/c15-9-3-6-11(14(18)19)12(7-9)13(17)8-1-4-10(16)5-2-8/h1-7H,(H,18,19). The Morgan fingerprint density at radius 1 is 1.00 bits per heavy atom. The highest BCUT2D eigenvalue weighted by atomic mass is 79.9. The van der Waals surface area contributed by atoms with Gasteiger partial charge < -0.3 is 5.11 Å². The van der Waals surface area contributed by atoms with E-state index in [0.717, 1.165) is 0 Å². The van der Waals surface area contributed by atoms with E-state index in [0.29, 0.717) is 15.1 Å². The fourth-order valence-corrected chi connectivity index (χ4v) is 2.13. The molecule has 0 aliphatic heterocycles. The van der Waals surface area contributed by atoms with Gasteiger partial charge in [0.1, 0.15) is 0 Å². The molecule has 0 saturated heterocycles. The first-order valence-electron chi connectivity index (χ1n) is 5.32. The maximum absolute atomic E-state index is 12.3. The average Bonchev–Trinajstić information content (AvgIpc) is 2.38. The van der Waals surface area contributed by atoms with Crippen LogP contribution in [0.25, 0.3) is 0 Å². The van der Waals surface area contributed by atoms with Crippen molar-refractivity contribution in [2.24, 2.45) is 0 Å². The minimum absolute atomic E-state index is 0.0249. The van der Waals surface area contributed by atoms with E-state index in [4.69, 9.17) is 16.7 Å². The van der Waals surface area contributed by atoms with Crippen LogP contribution in [0.3, 0.4) is 0 Å². The van der Waals surface area contributed by atoms with Crippen molar-refractivity contribution in [1.29, 1.82) is 0 Å². The molecule has 0 amide bonds. The van der Waals surface area contributed by atoms with Gasteiger partial charge in [-0.2, -0.15) is 0 Å². The summed E-state index contributed by atoms with van der Waals surface area (Å²) in [4.78, 5) is 23.4. The molecule has 19 heavy (non-hydrogen) atoms. The molecule has 0 aromatic heterocycles. The second-order valence-corrected chi connectivity index (χ2v) is 5.18. The van der Waals surface area contributed by atoms with E-state index in [2.05, 4.69) is 15.9 Å². The lowest BCUT2D eigenvalue weighted by Crippen LogP contribution is -2.09. The zero-order valence-electron chi connectivity index (χ0n) is 9.56. The summed E-state index contributed by atoms with van der Waals surface area (Å²) in [7, 11) is 0. The summed E-state index contributed by atoms with van der Waals surface area (Å²) in [5, 5.41) is 9.63. The van der Waals surface area contributed by atoms with Crippen molar-refractivity contribution in [1.82, 2.24) is 0 Å². The maximum Gasteiger partial charge on any atom is 0.336 e. The number of hydrogen-bond donors (Lipinski definition) is 1. The smallest absolute Gasteiger partial charge is 0.336 e. The van der Waals surface area contributed by atoms with Crippen LogP contribution >= 0.6 is 27.5 Å². The molecule has 0 fully saturated rings. The first kappa shape index (κ1) is 13.8. The molecule has 2 aromatic carbocycles. The fraction of sp³-hybridized carbons (Fsp3) is 0. The van der Waals surface area contributed by atoms with Gasteiger partial charge in [-0.15, -0.1) is 0 Å². The minimum Gasteiger partial charge on any atom is -0.478 e. The number of rotatable bonds is 3. The molecule has 0 atom stereocenters. The van der Waals surface area contributed by atoms with Crippen molar-refractivity contribution in [2.45, 2.75) is 0 Å². The molecule has 0 heterocycles. The Morgan fingerprint density at radius 3 is 2.21 bits per heavy atom. The van der Waals surface area contributed by atoms with E-state index in [-0.39, 0.29) is 16.9 Å². The normalized spacial score (nSPS) is 10.2. The largest absolute Gasteiger partial charge is 0.478 e. The van der Waals surface area contributed by atoms with Gasteiger partial charge in [-0.1, -0.05) is 27.5 Å². The Labute approximate surface area is 123 Å². The molecular weight excluding hydrogens is 332 g/mol. The summed E-state index contributed by atoms with van der Waals surface area (Å²) in [6.45, 7) is 0. The van der Waals surface area contributed by atoms with E-state index in [1.54, 1.807) is 30.3 Å². The van der Waals surface area contributed by atoms with Crippen LogP contribution in [0.5, 0.6) is 0 Å². The van der Waals surface area contributed by atoms with Crippen molar-refractivity contribution in [3.05, 3.63) is 68.7 Å². The lowest BCUT2D eigenvalue weighted by molar-refractivity contribution is 0.0693. The molecule has 5 heteroatoms. The summed E-state index contributed by atoms with van der Waals surface area (Å²) < 4.78 is 0.648. The van der Waals surface area contributed by atoms with E-state index < -0.39 is 5.97 Å². The molecule has 0 spiro atoms. The van der Waals surface area contributed by atoms with Gasteiger partial charge in [-0.05, 0) is 42.5 Å². The van der Waals surface area contributed by atoms with Gasteiger partial charge >= 0.3 is 5.97 Å². The van der Waals surface area contributed by atoms with E-state index in [1.807, 2.05) is 0 Å². The minimum atomic E-state index is -1.13. The molecule has 0 bridgehead atoms. The van der Waals surface area contributed by atoms with Crippen LogP contribution < -0.4 is 0 Å². The van der Waals surface area contributed by atoms with E-state index in [1.165, 1.54) is 12.1 Å². The lowest BCUT2D eigenvalue weighted by Gasteiger charge is -2.06. The Kier molecular flexibility index (Phi) is 4.02. The Hall–Kier alpha value is -1.65. The second kappa shape index (κ2) is 5.55. The summed E-state index contributed by atoms with van der Waals surface area (Å²) in [6.07, 6.45) is 0. The highest BCUT2D eigenvalue weighted by Gasteiger charge is 2.18. The molecule has 2 aromatic rings. The van der Waals surface area contributed by atoms with Gasteiger partial charge in [-0.25, -0.2) is 4.79 Å². The van der Waals surface area contributed by atoms with Gasteiger partial charge in [0.15, 0.2) is 5.78 Å². The highest BCUT2D eigenvalue weighted by molar-refractivity contribution is 9.10. The fourth-order valence-electron chi connectivity index (χ4n) is 1.65. The number of halogens is 2. The molecular formula is C14H8BrClO3. The van der Waals surface area contributed by atoms with Crippen molar-refractivity contribution in [3.63, 3.8) is 0 Å². The van der Waals surface area contributed by atoms with E-state index in [9.17, 15) is 9.59 Å². The molecule has 1 N–H and O–H groups in total. The predicted molar refractivity (Wildman–Crippen MR) is 76.0 cm³/mol. The van der Waals surface area contributed by atoms with Crippen LogP contribution in [-0.4, -0.2) is 16.9 Å². The summed E-state index contributed by atoms with van der Waals surface area (Å²) in [6, 6.07) is 10.8. The number of carbonyl (C=O) groups excluding carboxylic acids is 1. The zero-order valence-corrected chi connectivity index (χ0v) is 11.9. The van der Waals surface area contributed by atoms with Gasteiger partial charge in [0, 0.05) is 20.6 Å².